The molecule has 0 spiro atoms. The van der Waals surface area contributed by atoms with Crippen molar-refractivity contribution < 1.29 is 9.84 Å². The highest BCUT2D eigenvalue weighted by atomic mass is 127. The molecule has 1 aromatic rings. The van der Waals surface area contributed by atoms with Crippen molar-refractivity contribution in [1.82, 2.24) is 10.6 Å². The first-order valence-electron chi connectivity index (χ1n) is 7.93. The van der Waals surface area contributed by atoms with E-state index in [4.69, 9.17) is 4.74 Å². The fourth-order valence-electron chi connectivity index (χ4n) is 1.81. The molecule has 132 valence electrons. The third-order valence-electron chi connectivity index (χ3n) is 2.87. The number of aliphatic imine (C=N–C) groups is 1. The Bertz CT molecular complexity index is 427. The summed E-state index contributed by atoms with van der Waals surface area (Å²) in [5.41, 5.74) is 1.15. The Balaban J connectivity index is 0.00000484. The van der Waals surface area contributed by atoms with Gasteiger partial charge in [0.1, 0.15) is 0 Å². The summed E-state index contributed by atoms with van der Waals surface area (Å²) in [5, 5.41) is 16.2. The van der Waals surface area contributed by atoms with E-state index in [1.807, 2.05) is 37.3 Å². The lowest BCUT2D eigenvalue weighted by molar-refractivity contribution is 0.0280. The van der Waals surface area contributed by atoms with E-state index in [1.165, 1.54) is 0 Å². The Morgan fingerprint density at radius 2 is 1.87 bits per heavy atom. The maximum absolute atomic E-state index is 9.89. The molecule has 0 saturated carbocycles. The molecule has 0 saturated heterocycles. The molecule has 0 aliphatic heterocycles. The summed E-state index contributed by atoms with van der Waals surface area (Å²) in [4.78, 5) is 4.51. The zero-order valence-corrected chi connectivity index (χ0v) is 16.6. The lowest BCUT2D eigenvalue weighted by Gasteiger charge is -2.16. The number of benzene rings is 1. The standard InChI is InChI=1S/C17H29N3O2.HI/c1-4-18-17(19-10-15-8-6-5-7-9-15)20-11-16(21)13-22-12-14(2)3;/h5-9,14,16,21H,4,10-13H2,1-3H3,(H2,18,19,20);1H. The molecular weight excluding hydrogens is 405 g/mol. The minimum Gasteiger partial charge on any atom is -0.389 e. The van der Waals surface area contributed by atoms with Crippen LogP contribution in [0.5, 0.6) is 0 Å². The highest BCUT2D eigenvalue weighted by Crippen LogP contribution is 2.00. The minimum atomic E-state index is -0.542. The van der Waals surface area contributed by atoms with Gasteiger partial charge in [-0.2, -0.15) is 0 Å². The molecule has 0 bridgehead atoms. The van der Waals surface area contributed by atoms with Gasteiger partial charge in [-0.25, -0.2) is 4.99 Å². The van der Waals surface area contributed by atoms with Gasteiger partial charge in [0.15, 0.2) is 5.96 Å². The van der Waals surface area contributed by atoms with Crippen LogP contribution in [0.2, 0.25) is 0 Å². The highest BCUT2D eigenvalue weighted by molar-refractivity contribution is 14.0. The third-order valence-corrected chi connectivity index (χ3v) is 2.87. The van der Waals surface area contributed by atoms with E-state index in [0.717, 1.165) is 12.1 Å². The predicted octanol–water partition coefficient (Wildman–Crippen LogP) is 2.39. The number of nitrogens with one attached hydrogen (secondary N) is 2. The van der Waals surface area contributed by atoms with Crippen LogP contribution in [-0.2, 0) is 11.3 Å². The number of hydrogen-bond donors (Lipinski definition) is 3. The Morgan fingerprint density at radius 1 is 1.17 bits per heavy atom. The van der Waals surface area contributed by atoms with Gasteiger partial charge >= 0.3 is 0 Å². The number of halogens is 1. The maximum Gasteiger partial charge on any atom is 0.191 e. The monoisotopic (exact) mass is 435 g/mol. The second-order valence-electron chi connectivity index (χ2n) is 5.65. The van der Waals surface area contributed by atoms with Gasteiger partial charge in [0, 0.05) is 19.7 Å². The fourth-order valence-corrected chi connectivity index (χ4v) is 1.81. The molecule has 1 rings (SSSR count). The van der Waals surface area contributed by atoms with Gasteiger partial charge in [-0.1, -0.05) is 44.2 Å². The number of guanidine groups is 1. The van der Waals surface area contributed by atoms with Gasteiger partial charge in [0.05, 0.1) is 19.3 Å². The highest BCUT2D eigenvalue weighted by Gasteiger charge is 2.06. The molecule has 3 N–H and O–H groups in total. The summed E-state index contributed by atoms with van der Waals surface area (Å²) in [5.74, 6) is 1.18. The van der Waals surface area contributed by atoms with Crippen molar-refractivity contribution in [2.45, 2.75) is 33.4 Å². The molecule has 1 aromatic carbocycles. The van der Waals surface area contributed by atoms with Crippen LogP contribution in [0.3, 0.4) is 0 Å². The first-order valence-corrected chi connectivity index (χ1v) is 7.93. The van der Waals surface area contributed by atoms with Crippen LogP contribution in [0.1, 0.15) is 26.3 Å². The normalized spacial score (nSPS) is 12.7. The molecule has 0 fully saturated rings. The average Bonchev–Trinajstić information content (AvgIpc) is 2.50. The Labute approximate surface area is 156 Å². The van der Waals surface area contributed by atoms with Gasteiger partial charge < -0.3 is 20.5 Å². The lowest BCUT2D eigenvalue weighted by atomic mass is 10.2. The largest absolute Gasteiger partial charge is 0.389 e. The summed E-state index contributed by atoms with van der Waals surface area (Å²) in [6.45, 7) is 8.99. The van der Waals surface area contributed by atoms with Crippen LogP contribution in [0.4, 0.5) is 0 Å². The Kier molecular flexibility index (Phi) is 13.1. The van der Waals surface area contributed by atoms with E-state index in [0.29, 0.717) is 38.2 Å². The van der Waals surface area contributed by atoms with E-state index in [-0.39, 0.29) is 24.0 Å². The fraction of sp³-hybridized carbons (Fsp3) is 0.588. The summed E-state index contributed by atoms with van der Waals surface area (Å²) in [7, 11) is 0. The van der Waals surface area contributed by atoms with Crippen molar-refractivity contribution in [2.24, 2.45) is 10.9 Å². The smallest absolute Gasteiger partial charge is 0.191 e. The minimum absolute atomic E-state index is 0. The summed E-state index contributed by atoms with van der Waals surface area (Å²) >= 11 is 0. The van der Waals surface area contributed by atoms with E-state index in [9.17, 15) is 5.11 Å². The lowest BCUT2D eigenvalue weighted by Crippen LogP contribution is -2.42. The van der Waals surface area contributed by atoms with Crippen molar-refractivity contribution in [2.75, 3.05) is 26.3 Å². The number of ether oxygens (including phenoxy) is 1. The first kappa shape index (κ1) is 22.1. The van der Waals surface area contributed by atoms with Gasteiger partial charge in [-0.15, -0.1) is 24.0 Å². The maximum atomic E-state index is 9.89. The molecule has 0 aromatic heterocycles. The van der Waals surface area contributed by atoms with Crippen molar-refractivity contribution in [1.29, 1.82) is 0 Å². The van der Waals surface area contributed by atoms with Crippen LogP contribution in [-0.4, -0.2) is 43.5 Å². The van der Waals surface area contributed by atoms with Crippen LogP contribution in [0, 0.1) is 5.92 Å². The van der Waals surface area contributed by atoms with Crippen LogP contribution < -0.4 is 10.6 Å². The van der Waals surface area contributed by atoms with E-state index >= 15 is 0 Å². The molecule has 0 aliphatic carbocycles. The number of aliphatic hydroxyl groups is 1. The molecule has 0 radical (unpaired) electrons. The Morgan fingerprint density at radius 3 is 2.48 bits per heavy atom. The first-order chi connectivity index (χ1) is 10.6. The van der Waals surface area contributed by atoms with E-state index in [1.54, 1.807) is 0 Å². The summed E-state index contributed by atoms with van der Waals surface area (Å²) in [6, 6.07) is 10.1. The topological polar surface area (TPSA) is 65.9 Å². The zero-order valence-electron chi connectivity index (χ0n) is 14.3. The molecule has 6 heteroatoms. The number of hydrogen-bond acceptors (Lipinski definition) is 3. The van der Waals surface area contributed by atoms with E-state index in [2.05, 4.69) is 29.5 Å². The molecule has 1 unspecified atom stereocenters. The van der Waals surface area contributed by atoms with Crippen LogP contribution in [0.25, 0.3) is 0 Å². The average molecular weight is 435 g/mol. The van der Waals surface area contributed by atoms with Gasteiger partial charge in [0.2, 0.25) is 0 Å². The molecule has 1 atom stereocenters. The Hall–Kier alpha value is -0.860. The predicted molar refractivity (Wildman–Crippen MR) is 106 cm³/mol. The van der Waals surface area contributed by atoms with Gasteiger partial charge in [-0.05, 0) is 18.4 Å². The van der Waals surface area contributed by atoms with Crippen LogP contribution >= 0.6 is 24.0 Å². The van der Waals surface area contributed by atoms with Crippen molar-refractivity contribution >= 4 is 29.9 Å². The molecule has 0 aliphatic rings. The van der Waals surface area contributed by atoms with Crippen molar-refractivity contribution in [3.8, 4) is 0 Å². The van der Waals surface area contributed by atoms with E-state index < -0.39 is 6.10 Å². The number of rotatable bonds is 9. The number of nitrogens with zero attached hydrogens (tertiary/aromatic N) is 1. The molecular formula is C17H30IN3O2. The second kappa shape index (κ2) is 13.6. The van der Waals surface area contributed by atoms with Crippen molar-refractivity contribution in [3.63, 3.8) is 0 Å². The SMILES string of the molecule is CCNC(=NCc1ccccc1)NCC(O)COCC(C)C.I. The van der Waals surface area contributed by atoms with Gasteiger partial charge in [-0.3, -0.25) is 0 Å². The molecule has 23 heavy (non-hydrogen) atoms. The van der Waals surface area contributed by atoms with Crippen molar-refractivity contribution in [3.05, 3.63) is 35.9 Å². The zero-order chi connectivity index (χ0) is 16.2. The van der Waals surface area contributed by atoms with Crippen LogP contribution in [0.15, 0.2) is 35.3 Å². The summed E-state index contributed by atoms with van der Waals surface area (Å²) < 4.78 is 5.43. The second-order valence-corrected chi connectivity index (χ2v) is 5.65. The van der Waals surface area contributed by atoms with Gasteiger partial charge in [0.25, 0.3) is 0 Å². The molecule has 0 heterocycles. The third kappa shape index (κ3) is 11.3. The molecule has 5 nitrogen and oxygen atoms in total. The number of aliphatic hydroxyl groups excluding tert-OH is 1. The summed E-state index contributed by atoms with van der Waals surface area (Å²) in [6.07, 6.45) is -0.542. The molecule has 0 amide bonds. The quantitative estimate of drug-likeness (QED) is 0.317.